The van der Waals surface area contributed by atoms with Crippen molar-refractivity contribution < 1.29 is 18.8 Å². The highest BCUT2D eigenvalue weighted by molar-refractivity contribution is 6.02. The highest BCUT2D eigenvalue weighted by atomic mass is 19.1. The van der Waals surface area contributed by atoms with E-state index in [1.165, 1.54) is 27.8 Å². The second-order valence-corrected chi connectivity index (χ2v) is 10.4. The number of anilines is 2. The zero-order valence-electron chi connectivity index (χ0n) is 23.8. The van der Waals surface area contributed by atoms with Crippen molar-refractivity contribution in [2.24, 2.45) is 5.92 Å². The molecule has 0 radical (unpaired) electrons. The lowest BCUT2D eigenvalue weighted by molar-refractivity contribution is -0.127. The van der Waals surface area contributed by atoms with Gasteiger partial charge in [-0.1, -0.05) is 73.7 Å². The Morgan fingerprint density at radius 2 is 1.58 bits per heavy atom. The summed E-state index contributed by atoms with van der Waals surface area (Å²) in [6.45, 7) is 3.55. The third kappa shape index (κ3) is 6.92. The second-order valence-electron chi connectivity index (χ2n) is 10.4. The number of nitrogens with one attached hydrogen (secondary N) is 2. The van der Waals surface area contributed by atoms with E-state index in [9.17, 15) is 18.8 Å². The molecule has 2 N–H and O–H groups in total. The fourth-order valence-corrected chi connectivity index (χ4v) is 4.64. The van der Waals surface area contributed by atoms with E-state index in [-0.39, 0.29) is 24.9 Å². The van der Waals surface area contributed by atoms with Gasteiger partial charge in [0.05, 0.1) is 5.52 Å². The molecule has 9 nitrogen and oxygen atoms in total. The molecule has 43 heavy (non-hydrogen) atoms. The van der Waals surface area contributed by atoms with Gasteiger partial charge in [0.15, 0.2) is 0 Å². The standard InChI is InChI=1S/C33H31FN6O3/c1-22(2)32(42)36-26-15-17-27(18-16-26)40(30(41)21-39-29-14-7-6-13-28(29)37-38-39)31(24-11-8-12-25(34)19-24)33(43)35-20-23-9-4-3-5-10-23/h3-19,22,31H,20-21H2,1-2H3,(H,35,43)(H,36,42)/t31-/m0/s1. The van der Waals surface area contributed by atoms with Gasteiger partial charge in [0.1, 0.15) is 23.9 Å². The monoisotopic (exact) mass is 578 g/mol. The van der Waals surface area contributed by atoms with E-state index >= 15 is 0 Å². The zero-order valence-corrected chi connectivity index (χ0v) is 23.8. The van der Waals surface area contributed by atoms with E-state index in [0.717, 1.165) is 5.56 Å². The van der Waals surface area contributed by atoms with Gasteiger partial charge in [0.25, 0.3) is 0 Å². The van der Waals surface area contributed by atoms with Crippen LogP contribution in [0.25, 0.3) is 11.0 Å². The number of fused-ring (bicyclic) bond motifs is 1. The van der Waals surface area contributed by atoms with Gasteiger partial charge in [-0.15, -0.1) is 5.10 Å². The molecule has 0 aliphatic carbocycles. The molecule has 0 spiro atoms. The molecule has 5 rings (SSSR count). The second kappa shape index (κ2) is 13.1. The van der Waals surface area contributed by atoms with Crippen LogP contribution in [0.3, 0.4) is 0 Å². The first-order valence-corrected chi connectivity index (χ1v) is 13.9. The van der Waals surface area contributed by atoms with Crippen LogP contribution in [-0.2, 0) is 27.5 Å². The zero-order chi connectivity index (χ0) is 30.3. The summed E-state index contributed by atoms with van der Waals surface area (Å²) in [4.78, 5) is 41.7. The fourth-order valence-electron chi connectivity index (χ4n) is 4.64. The topological polar surface area (TPSA) is 109 Å². The molecule has 0 saturated carbocycles. The number of para-hydroxylation sites is 1. The maximum atomic E-state index is 14.5. The highest BCUT2D eigenvalue weighted by Gasteiger charge is 2.33. The summed E-state index contributed by atoms with van der Waals surface area (Å²) in [5.74, 6) is -1.89. The first-order valence-electron chi connectivity index (χ1n) is 13.9. The lowest BCUT2D eigenvalue weighted by Gasteiger charge is -2.32. The summed E-state index contributed by atoms with van der Waals surface area (Å²) in [5.41, 5.74) is 3.34. The molecule has 1 aromatic heterocycles. The first-order chi connectivity index (χ1) is 20.8. The van der Waals surface area contributed by atoms with Gasteiger partial charge in [0.2, 0.25) is 17.7 Å². The predicted octanol–water partition coefficient (Wildman–Crippen LogP) is 5.26. The van der Waals surface area contributed by atoms with Gasteiger partial charge in [-0.05, 0) is 59.7 Å². The van der Waals surface area contributed by atoms with Crippen molar-refractivity contribution in [1.82, 2.24) is 20.3 Å². The van der Waals surface area contributed by atoms with Gasteiger partial charge in [-0.2, -0.15) is 0 Å². The molecular weight excluding hydrogens is 547 g/mol. The van der Waals surface area contributed by atoms with Crippen LogP contribution < -0.4 is 15.5 Å². The van der Waals surface area contributed by atoms with E-state index in [1.54, 1.807) is 56.3 Å². The minimum atomic E-state index is -1.22. The number of hydrogen-bond acceptors (Lipinski definition) is 5. The number of benzene rings is 4. The molecule has 3 amide bonds. The summed E-state index contributed by atoms with van der Waals surface area (Å²) in [6.07, 6.45) is 0. The van der Waals surface area contributed by atoms with Crippen molar-refractivity contribution in [3.63, 3.8) is 0 Å². The number of aromatic nitrogens is 3. The highest BCUT2D eigenvalue weighted by Crippen LogP contribution is 2.30. The predicted molar refractivity (Wildman–Crippen MR) is 162 cm³/mol. The number of amides is 3. The van der Waals surface area contributed by atoms with Crippen LogP contribution in [0.1, 0.15) is 31.0 Å². The number of hydrogen-bond donors (Lipinski definition) is 2. The molecule has 4 aromatic carbocycles. The fraction of sp³-hybridized carbons (Fsp3) is 0.182. The molecule has 10 heteroatoms. The van der Waals surface area contributed by atoms with Crippen LogP contribution in [0, 0.1) is 11.7 Å². The molecular formula is C33H31FN6O3. The summed E-state index contributed by atoms with van der Waals surface area (Å²) in [7, 11) is 0. The van der Waals surface area contributed by atoms with Crippen LogP contribution in [-0.4, -0.2) is 32.7 Å². The maximum absolute atomic E-state index is 14.5. The van der Waals surface area contributed by atoms with Gasteiger partial charge in [-0.3, -0.25) is 19.3 Å². The average molecular weight is 579 g/mol. The quantitative estimate of drug-likeness (QED) is 0.235. The third-order valence-electron chi connectivity index (χ3n) is 6.89. The summed E-state index contributed by atoms with van der Waals surface area (Å²) in [5, 5.41) is 14.0. The normalized spacial score (nSPS) is 11.7. The number of halogens is 1. The van der Waals surface area contributed by atoms with Crippen molar-refractivity contribution in [1.29, 1.82) is 0 Å². The molecule has 0 bridgehead atoms. The maximum Gasteiger partial charge on any atom is 0.249 e. The van der Waals surface area contributed by atoms with Gasteiger partial charge in [-0.25, -0.2) is 9.07 Å². The molecule has 1 atom stereocenters. The van der Waals surface area contributed by atoms with Crippen molar-refractivity contribution in [3.8, 4) is 0 Å². The van der Waals surface area contributed by atoms with Crippen LogP contribution >= 0.6 is 0 Å². The van der Waals surface area contributed by atoms with Crippen LogP contribution in [0.2, 0.25) is 0 Å². The first kappa shape index (κ1) is 29.1. The lowest BCUT2D eigenvalue weighted by Crippen LogP contribution is -2.45. The van der Waals surface area contributed by atoms with E-state index < -0.39 is 23.7 Å². The number of rotatable bonds is 10. The van der Waals surface area contributed by atoms with Gasteiger partial charge in [0, 0.05) is 23.8 Å². The Balaban J connectivity index is 1.55. The Hall–Kier alpha value is -5.38. The van der Waals surface area contributed by atoms with Gasteiger partial charge < -0.3 is 10.6 Å². The van der Waals surface area contributed by atoms with Crippen molar-refractivity contribution in [2.45, 2.75) is 33.0 Å². The van der Waals surface area contributed by atoms with Crippen molar-refractivity contribution in [3.05, 3.63) is 120 Å². The van der Waals surface area contributed by atoms with Crippen LogP contribution in [0.4, 0.5) is 15.8 Å². The van der Waals surface area contributed by atoms with Crippen molar-refractivity contribution in [2.75, 3.05) is 10.2 Å². The molecule has 1 heterocycles. The number of carbonyl (C=O) groups is 3. The van der Waals surface area contributed by atoms with Crippen LogP contribution in [0.15, 0.2) is 103 Å². The molecule has 0 aliphatic heterocycles. The molecule has 218 valence electrons. The van der Waals surface area contributed by atoms with E-state index in [2.05, 4.69) is 20.9 Å². The number of carbonyl (C=O) groups excluding carboxylic acids is 3. The average Bonchev–Trinajstić information content (AvgIpc) is 3.42. The SMILES string of the molecule is CC(C)C(=O)Nc1ccc(N(C(=O)Cn2nnc3ccccc32)[C@H](C(=O)NCc2ccccc2)c2cccc(F)c2)cc1. The molecule has 5 aromatic rings. The van der Waals surface area contributed by atoms with Gasteiger partial charge >= 0.3 is 0 Å². The van der Waals surface area contributed by atoms with E-state index in [0.29, 0.717) is 28.0 Å². The minimum absolute atomic E-state index is 0.156. The van der Waals surface area contributed by atoms with E-state index in [4.69, 9.17) is 0 Å². The smallest absolute Gasteiger partial charge is 0.249 e. The Morgan fingerprint density at radius 1 is 0.860 bits per heavy atom. The Bertz CT molecular complexity index is 1740. The number of nitrogens with zero attached hydrogens (tertiary/aromatic N) is 4. The Morgan fingerprint density at radius 3 is 2.30 bits per heavy atom. The van der Waals surface area contributed by atoms with E-state index in [1.807, 2.05) is 42.5 Å². The largest absolute Gasteiger partial charge is 0.350 e. The third-order valence-corrected chi connectivity index (χ3v) is 6.89. The molecule has 0 aliphatic rings. The summed E-state index contributed by atoms with van der Waals surface area (Å²) >= 11 is 0. The van der Waals surface area contributed by atoms with Crippen LogP contribution in [0.5, 0.6) is 0 Å². The molecule has 0 saturated heterocycles. The minimum Gasteiger partial charge on any atom is -0.350 e. The summed E-state index contributed by atoms with van der Waals surface area (Å²) in [6, 6.07) is 27.6. The summed E-state index contributed by atoms with van der Waals surface area (Å²) < 4.78 is 16.0. The Kier molecular flexibility index (Phi) is 8.85. The molecule has 0 unspecified atom stereocenters. The lowest BCUT2D eigenvalue weighted by atomic mass is 10.0. The van der Waals surface area contributed by atoms with Crippen molar-refractivity contribution >= 4 is 40.1 Å². The molecule has 0 fully saturated rings. The Labute approximate surface area is 248 Å².